The summed E-state index contributed by atoms with van der Waals surface area (Å²) in [5.74, 6) is 1.97. The molecule has 0 heterocycles. The maximum absolute atomic E-state index is 12.5. The van der Waals surface area contributed by atoms with Crippen molar-refractivity contribution in [2.24, 2.45) is 17.8 Å². The molecule has 2 aliphatic carbocycles. The van der Waals surface area contributed by atoms with Crippen molar-refractivity contribution in [3.63, 3.8) is 0 Å². The third-order valence-electron chi connectivity index (χ3n) is 9.70. The van der Waals surface area contributed by atoms with Crippen LogP contribution in [0.2, 0.25) is 0 Å². The van der Waals surface area contributed by atoms with Gasteiger partial charge in [0.2, 0.25) is 0 Å². The summed E-state index contributed by atoms with van der Waals surface area (Å²) in [5.41, 5.74) is 3.95. The van der Waals surface area contributed by atoms with Crippen LogP contribution in [0.15, 0.2) is 78.9 Å². The third-order valence-corrected chi connectivity index (χ3v) is 9.70. The minimum absolute atomic E-state index is 0.110. The highest BCUT2D eigenvalue weighted by Crippen LogP contribution is 2.46. The Morgan fingerprint density at radius 2 is 1.25 bits per heavy atom. The Morgan fingerprint density at radius 1 is 0.688 bits per heavy atom. The fourth-order valence-electron chi connectivity index (χ4n) is 6.96. The van der Waals surface area contributed by atoms with Crippen LogP contribution in [-0.2, 0) is 28.6 Å². The second-order valence-electron chi connectivity index (χ2n) is 13.2. The highest BCUT2D eigenvalue weighted by Gasteiger charge is 2.32. The SMILES string of the molecule is C=C(C)C(=O)Oc1ccc(-c2ccc(OC(=O)C(=C)COC)cc2)cc1C1CCC(C2CCC(CCOC(=O)C(=C)COC)CC2)CC1. The van der Waals surface area contributed by atoms with E-state index >= 15 is 0 Å². The number of esters is 3. The van der Waals surface area contributed by atoms with E-state index in [0.717, 1.165) is 54.7 Å². The number of hydrogen-bond acceptors (Lipinski definition) is 8. The van der Waals surface area contributed by atoms with Gasteiger partial charge in [0.25, 0.3) is 0 Å². The summed E-state index contributed by atoms with van der Waals surface area (Å²) in [6.07, 6.45) is 10.0. The summed E-state index contributed by atoms with van der Waals surface area (Å²) in [6, 6.07) is 13.3. The number of methoxy groups -OCH3 is 2. The molecule has 0 spiro atoms. The first-order valence-corrected chi connectivity index (χ1v) is 16.9. The predicted octanol–water partition coefficient (Wildman–Crippen LogP) is 8.16. The van der Waals surface area contributed by atoms with Gasteiger partial charge in [-0.25, -0.2) is 14.4 Å². The van der Waals surface area contributed by atoms with E-state index in [4.69, 9.17) is 23.7 Å². The molecule has 0 unspecified atom stereocenters. The molecule has 0 saturated heterocycles. The lowest BCUT2D eigenvalue weighted by molar-refractivity contribution is -0.140. The quantitative estimate of drug-likeness (QED) is 0.107. The summed E-state index contributed by atoms with van der Waals surface area (Å²) in [4.78, 5) is 36.7. The minimum Gasteiger partial charge on any atom is -0.462 e. The zero-order valence-electron chi connectivity index (χ0n) is 28.7. The van der Waals surface area contributed by atoms with Gasteiger partial charge < -0.3 is 23.7 Å². The molecule has 0 radical (unpaired) electrons. The Balaban J connectivity index is 1.36. The van der Waals surface area contributed by atoms with Gasteiger partial charge in [-0.3, -0.25) is 0 Å². The zero-order valence-corrected chi connectivity index (χ0v) is 28.7. The van der Waals surface area contributed by atoms with Gasteiger partial charge in [-0.2, -0.15) is 0 Å². The van der Waals surface area contributed by atoms with Crippen LogP contribution in [0.5, 0.6) is 11.5 Å². The third kappa shape index (κ3) is 10.2. The number of hydrogen-bond donors (Lipinski definition) is 0. The molecule has 0 aromatic heterocycles. The molecule has 2 aliphatic rings. The predicted molar refractivity (Wildman–Crippen MR) is 186 cm³/mol. The van der Waals surface area contributed by atoms with E-state index in [0.29, 0.717) is 41.1 Å². The molecule has 4 rings (SSSR count). The normalized spacial score (nSPS) is 20.7. The summed E-state index contributed by atoms with van der Waals surface area (Å²) < 4.78 is 26.6. The largest absolute Gasteiger partial charge is 0.462 e. The molecule has 2 aromatic rings. The molecule has 0 bridgehead atoms. The van der Waals surface area contributed by atoms with Crippen molar-refractivity contribution in [1.82, 2.24) is 0 Å². The molecule has 0 N–H and O–H groups in total. The van der Waals surface area contributed by atoms with Crippen molar-refractivity contribution in [2.45, 2.75) is 70.6 Å². The molecule has 8 heteroatoms. The van der Waals surface area contributed by atoms with Gasteiger partial charge in [0, 0.05) is 19.8 Å². The fraction of sp³-hybridized carbons (Fsp3) is 0.475. The van der Waals surface area contributed by atoms with E-state index in [1.807, 2.05) is 24.3 Å². The molecule has 258 valence electrons. The van der Waals surface area contributed by atoms with Crippen LogP contribution in [0.3, 0.4) is 0 Å². The topological polar surface area (TPSA) is 97.4 Å². The molecule has 2 fully saturated rings. The average molecular weight is 659 g/mol. The van der Waals surface area contributed by atoms with Crippen molar-refractivity contribution < 1.29 is 38.1 Å². The van der Waals surface area contributed by atoms with Crippen LogP contribution in [0.25, 0.3) is 11.1 Å². The van der Waals surface area contributed by atoms with Crippen molar-refractivity contribution in [3.05, 3.63) is 84.5 Å². The van der Waals surface area contributed by atoms with Crippen LogP contribution in [0.1, 0.15) is 76.2 Å². The lowest BCUT2D eigenvalue weighted by atomic mass is 9.68. The zero-order chi connectivity index (χ0) is 34.6. The van der Waals surface area contributed by atoms with E-state index in [2.05, 4.69) is 25.8 Å². The molecule has 8 nitrogen and oxygen atoms in total. The van der Waals surface area contributed by atoms with Gasteiger partial charge in [-0.05, 0) is 116 Å². The fourth-order valence-corrected chi connectivity index (χ4v) is 6.96. The van der Waals surface area contributed by atoms with Crippen molar-refractivity contribution >= 4 is 17.9 Å². The molecule has 2 saturated carbocycles. The van der Waals surface area contributed by atoms with E-state index < -0.39 is 11.9 Å². The van der Waals surface area contributed by atoms with Gasteiger partial charge >= 0.3 is 17.9 Å². The summed E-state index contributed by atoms with van der Waals surface area (Å²) >= 11 is 0. The van der Waals surface area contributed by atoms with E-state index in [9.17, 15) is 14.4 Å². The Labute approximate surface area is 285 Å². The van der Waals surface area contributed by atoms with Crippen molar-refractivity contribution in [3.8, 4) is 22.6 Å². The number of rotatable bonds is 15. The molecule has 2 aromatic carbocycles. The molecular weight excluding hydrogens is 608 g/mol. The molecule has 48 heavy (non-hydrogen) atoms. The van der Waals surface area contributed by atoms with Gasteiger partial charge in [0.1, 0.15) is 11.5 Å². The molecule has 0 atom stereocenters. The first-order chi connectivity index (χ1) is 23.1. The van der Waals surface area contributed by atoms with Crippen LogP contribution in [0.4, 0.5) is 0 Å². The number of carbonyl (C=O) groups is 3. The maximum Gasteiger partial charge on any atom is 0.341 e. The second-order valence-corrected chi connectivity index (χ2v) is 13.2. The minimum atomic E-state index is -0.525. The van der Waals surface area contributed by atoms with Crippen molar-refractivity contribution in [2.75, 3.05) is 34.0 Å². The molecule has 0 aliphatic heterocycles. The van der Waals surface area contributed by atoms with E-state index in [1.165, 1.54) is 39.9 Å². The summed E-state index contributed by atoms with van der Waals surface area (Å²) in [7, 11) is 3.04. The number of benzene rings is 2. The summed E-state index contributed by atoms with van der Waals surface area (Å²) in [6.45, 7) is 13.6. The van der Waals surface area contributed by atoms with Crippen LogP contribution in [0, 0.1) is 17.8 Å². The van der Waals surface area contributed by atoms with Crippen LogP contribution in [-0.4, -0.2) is 51.9 Å². The Bertz CT molecular complexity index is 1460. The first kappa shape index (κ1) is 36.8. The van der Waals surface area contributed by atoms with Crippen LogP contribution < -0.4 is 9.47 Å². The van der Waals surface area contributed by atoms with Gasteiger partial charge in [-0.15, -0.1) is 0 Å². The Morgan fingerprint density at radius 3 is 1.83 bits per heavy atom. The second kappa shape index (κ2) is 17.9. The van der Waals surface area contributed by atoms with Gasteiger partial charge in [0.15, 0.2) is 0 Å². The maximum atomic E-state index is 12.5. The van der Waals surface area contributed by atoms with E-state index in [-0.39, 0.29) is 30.7 Å². The number of carbonyl (C=O) groups excluding carboxylic acids is 3. The van der Waals surface area contributed by atoms with E-state index in [1.54, 1.807) is 19.1 Å². The molecule has 0 amide bonds. The Kier molecular flexibility index (Phi) is 13.8. The summed E-state index contributed by atoms with van der Waals surface area (Å²) in [5, 5.41) is 0. The first-order valence-electron chi connectivity index (χ1n) is 16.9. The highest BCUT2D eigenvalue weighted by molar-refractivity contribution is 5.90. The average Bonchev–Trinajstić information content (AvgIpc) is 3.09. The van der Waals surface area contributed by atoms with Gasteiger partial charge in [0.05, 0.1) is 31.0 Å². The smallest absolute Gasteiger partial charge is 0.341 e. The monoisotopic (exact) mass is 658 g/mol. The lowest BCUT2D eigenvalue weighted by Crippen LogP contribution is -2.26. The Hall–Kier alpha value is -4.01. The van der Waals surface area contributed by atoms with Crippen molar-refractivity contribution in [1.29, 1.82) is 0 Å². The molecular formula is C40H50O8. The number of ether oxygens (including phenoxy) is 5. The standard InChI is InChI=1S/C40H50O8/c1-26(2)38(41)48-37-20-17-34(32-15-18-35(19-16-32)47-40(43)28(4)25-45-6)23-36(37)33-13-11-31(12-14-33)30-9-7-29(8-10-30)21-22-46-39(42)27(3)24-44-5/h15-20,23,29-31,33H,1,3-4,7-14,21-22,24-25H2,2,5-6H3. The highest BCUT2D eigenvalue weighted by atomic mass is 16.5. The van der Waals surface area contributed by atoms with Crippen LogP contribution >= 0.6 is 0 Å². The lowest BCUT2D eigenvalue weighted by Gasteiger charge is -2.38. The van der Waals surface area contributed by atoms with Gasteiger partial charge in [-0.1, -0.05) is 50.8 Å².